The van der Waals surface area contributed by atoms with Crippen molar-refractivity contribution in [3.63, 3.8) is 0 Å². The zero-order chi connectivity index (χ0) is 86.0. The van der Waals surface area contributed by atoms with Gasteiger partial charge in [0.15, 0.2) is 6.04 Å². The molecule has 2 rings (SSSR count). The fourth-order valence-electron chi connectivity index (χ4n) is 6.07. The molecule has 0 aromatic rings. The average molecular weight is 1780 g/mol. The summed E-state index contributed by atoms with van der Waals surface area (Å²) in [7, 11) is 1.81. The summed E-state index contributed by atoms with van der Waals surface area (Å²) >= 11 is 22.0. The van der Waals surface area contributed by atoms with Gasteiger partial charge in [0.2, 0.25) is 41.7 Å². The smallest absolute Gasteiger partial charge is 0.326 e. The van der Waals surface area contributed by atoms with Crippen molar-refractivity contribution in [2.45, 2.75) is 185 Å². The standard InChI is InChI=1S/C11H18N4O3.C10H17N3O6S.C9H14N4O3.C7H13NO3S.C5H9NO3S.C5H11NO2S.C5H11NO2Se.C3H7NO2S.C3H7NO2Se/c1-15-7-13-6-8(15)5-9(11(17)18)14-10(16)3-2-4-12;11-5(10(18)19)1-2-7(14)13-6(4-20)9(17)12-3-8(15)16;10-2-1-8(14)13-7(9(15)16)3-6-4-11-5-12-6;1-4(9)8-5(6(10)11)7(2,3)12;1-3(7)6-4(2-10)5(8)9;1-5(2,9)3(6)4(7)8;1-9-3-2-4(6)5(7)8;2*4-2(1-7)3(5)6/h6-9H,2-5,12H2,1H3,(H-,14,16,17,18);5-6,20H,1-4,11H2,(H,12,17)(H,13,14)(H,15,16)(H,18,19);5,7H,1-4,10H2,(H,13,14)(H,15,16);5,12H,1-3H3,(H,8,9)(H,10,11);4,10H,2H2,1H3,(H,6,7)(H,8,9);3,9H,6H2,1-2H3,(H,7,8);4H,2-3,6H2,1H3,(H,7,8);2*2,7H,1,4H2,(H,5,6)/p+1/t;5-,6?;7-;;;;;;/m.01....../s1. The van der Waals surface area contributed by atoms with Crippen molar-refractivity contribution >= 4 is 214 Å². The maximum atomic E-state index is 11.5. The van der Waals surface area contributed by atoms with Crippen molar-refractivity contribution in [2.75, 3.05) is 50.5 Å². The molecular formula is C58H108N17O26S5Se2+. The van der Waals surface area contributed by atoms with Crippen molar-refractivity contribution in [2.24, 2.45) is 50.1 Å². The van der Waals surface area contributed by atoms with Gasteiger partial charge in [-0.15, -0.1) is 0 Å². The molecule has 2 heterocycles. The van der Waals surface area contributed by atoms with Crippen LogP contribution in [0.1, 0.15) is 92.9 Å². The molecule has 50 heteroatoms. The summed E-state index contributed by atoms with van der Waals surface area (Å²) < 4.78 is 2.53. The van der Waals surface area contributed by atoms with Gasteiger partial charge in [-0.05, 0) is 47.1 Å². The minimum absolute atomic E-state index is 0.0256. The van der Waals surface area contributed by atoms with Crippen molar-refractivity contribution in [1.82, 2.24) is 41.5 Å². The van der Waals surface area contributed by atoms with E-state index in [2.05, 4.69) is 132 Å². The zero-order valence-corrected chi connectivity index (χ0v) is 68.6. The van der Waals surface area contributed by atoms with Gasteiger partial charge in [-0.3, -0.25) is 52.9 Å². The number of nitrogens with zero attached hydrogens (tertiary/aromatic N) is 4. The van der Waals surface area contributed by atoms with Gasteiger partial charge < -0.3 is 101 Å². The summed E-state index contributed by atoms with van der Waals surface area (Å²) in [6.07, 6.45) is 6.45. The van der Waals surface area contributed by atoms with Crippen LogP contribution in [0.2, 0.25) is 16.5 Å². The summed E-state index contributed by atoms with van der Waals surface area (Å²) in [5.74, 6) is -10.8. The molecule has 0 saturated carbocycles. The Hall–Kier alpha value is -7.38. The summed E-state index contributed by atoms with van der Waals surface area (Å²) in [5.41, 5.74) is 36.7. The van der Waals surface area contributed by atoms with Gasteiger partial charge in [-0.1, -0.05) is 0 Å². The molecule has 9 unspecified atom stereocenters. The van der Waals surface area contributed by atoms with E-state index in [0.717, 1.165) is 5.32 Å². The van der Waals surface area contributed by atoms with Crippen LogP contribution in [0.5, 0.6) is 0 Å². The number of rotatable bonds is 38. The summed E-state index contributed by atoms with van der Waals surface area (Å²) in [4.78, 5) is 179. The molecule has 622 valence electrons. The molecule has 30 N–H and O–H groups in total. The number of carboxylic acid groups (broad SMARTS) is 10. The molecule has 0 saturated heterocycles. The molecule has 2 aliphatic rings. The van der Waals surface area contributed by atoms with Crippen LogP contribution >= 0.6 is 63.1 Å². The predicted octanol–water partition coefficient (Wildman–Crippen LogP) is -7.36. The number of aliphatic carboxylic acids is 10. The first-order chi connectivity index (χ1) is 49.7. The number of nitrogens with one attached hydrogen (secondary N) is 6. The number of hydrogen-bond donors (Lipinski definition) is 28. The minimum Gasteiger partial charge on any atom is -0.480 e. The van der Waals surface area contributed by atoms with Gasteiger partial charge in [-0.2, -0.15) is 63.1 Å². The van der Waals surface area contributed by atoms with Gasteiger partial charge in [0.1, 0.15) is 61.2 Å². The Balaban J connectivity index is -0.000000217. The molecule has 2 aliphatic heterocycles. The molecule has 0 aliphatic carbocycles. The number of aliphatic imine (C=N–C) groups is 2. The van der Waals surface area contributed by atoms with Crippen LogP contribution in [-0.4, -0.2) is 333 Å². The summed E-state index contributed by atoms with van der Waals surface area (Å²) in [6.45, 7) is 9.56. The zero-order valence-electron chi connectivity index (χ0n) is 60.5. The normalized spacial score (nSPS) is 14.7. The maximum absolute atomic E-state index is 11.5. The molecule has 43 nitrogen and oxygen atoms in total. The predicted molar refractivity (Wildman–Crippen MR) is 418 cm³/mol. The van der Waals surface area contributed by atoms with Crippen molar-refractivity contribution < 1.29 is 128 Å². The third-order valence-corrected chi connectivity index (χ3v) is 16.0. The monoisotopic (exact) mass is 1780 g/mol. The Morgan fingerprint density at radius 2 is 1.04 bits per heavy atom. The number of carbonyl (C=O) groups is 16. The first-order valence-electron chi connectivity index (χ1n) is 31.3. The topological polar surface area (TPSA) is 772 Å². The fraction of sp³-hybridized carbons (Fsp3) is 0.655. The Morgan fingerprint density at radius 1 is 0.583 bits per heavy atom. The Labute approximate surface area is 665 Å². The van der Waals surface area contributed by atoms with E-state index in [4.69, 9.17) is 91.2 Å². The van der Waals surface area contributed by atoms with Gasteiger partial charge in [0.05, 0.1) is 13.6 Å². The molecule has 0 aromatic heterocycles. The SMILES string of the molecule is CC(=O)NC(C(=O)O)C(C)(C)S.CC(=O)NC(CS)C(=O)O.CC(C)(S)C(N)C(=O)O.CN1C=[N+]=CC1CC(NC(=O)CCCN)C(=O)O.C[Se]CCC(N)C(=O)O.NC(CS)C(=O)O.NC(C[SeH])C(=O)O.NCCC(=O)N[C@H](CC1=NC=NC1)C(=O)O.N[C@@H](CCC(=O)NC(CS)C(=O)NCC(=O)O)C(=O)O. The molecule has 0 radical (unpaired) electrons. The number of nitrogens with two attached hydrogens (primary N) is 7. The maximum Gasteiger partial charge on any atom is 0.326 e. The molecule has 0 aromatic carbocycles. The Bertz CT molecular complexity index is 2950. The Morgan fingerprint density at radius 3 is 1.32 bits per heavy atom. The van der Waals surface area contributed by atoms with Gasteiger partial charge in [-0.25, -0.2) is 33.7 Å². The van der Waals surface area contributed by atoms with Gasteiger partial charge in [0, 0.05) is 85.0 Å². The first kappa shape index (κ1) is 114. The molecule has 0 spiro atoms. The van der Waals surface area contributed by atoms with E-state index in [1.165, 1.54) is 20.2 Å². The van der Waals surface area contributed by atoms with Crippen LogP contribution < -0.4 is 76.7 Å². The second kappa shape index (κ2) is 65.5. The fourth-order valence-corrected chi connectivity index (χ4v) is 8.37. The van der Waals surface area contributed by atoms with Crippen LogP contribution in [0.4, 0.5) is 0 Å². The third kappa shape index (κ3) is 66.8. The summed E-state index contributed by atoms with van der Waals surface area (Å²) in [6, 6.07) is -9.02. The van der Waals surface area contributed by atoms with Crippen LogP contribution in [0.3, 0.4) is 0 Å². The number of carbonyl (C=O) groups excluding carboxylic acids is 6. The number of hydrogen-bond acceptors (Lipinski definition) is 31. The van der Waals surface area contributed by atoms with E-state index in [-0.39, 0.29) is 85.6 Å². The molecule has 0 bridgehead atoms. The van der Waals surface area contributed by atoms with Gasteiger partial charge in [0.25, 0.3) is 0 Å². The minimum atomic E-state index is -1.22. The number of carboxylic acids is 10. The van der Waals surface area contributed by atoms with Crippen molar-refractivity contribution in [3.8, 4) is 0 Å². The molecule has 0 fully saturated rings. The summed E-state index contributed by atoms with van der Waals surface area (Å²) in [5, 5.41) is 99.9. The van der Waals surface area contributed by atoms with E-state index in [1.54, 1.807) is 40.2 Å². The average Bonchev–Trinajstić information content (AvgIpc) is 1.16. The van der Waals surface area contributed by atoms with E-state index in [0.29, 0.717) is 58.3 Å². The van der Waals surface area contributed by atoms with E-state index >= 15 is 0 Å². The van der Waals surface area contributed by atoms with Crippen molar-refractivity contribution in [3.05, 3.63) is 0 Å². The molecule has 6 amide bonds. The number of thiol groups is 5. The molecule has 108 heavy (non-hydrogen) atoms. The van der Waals surface area contributed by atoms with E-state index in [1.807, 2.05) is 11.9 Å². The molecule has 11 atom stereocenters. The van der Waals surface area contributed by atoms with E-state index < -0.39 is 148 Å². The largest absolute Gasteiger partial charge is 0.480 e. The van der Waals surface area contributed by atoms with Crippen molar-refractivity contribution in [1.29, 1.82) is 0 Å². The quantitative estimate of drug-likeness (QED) is 0.0155. The first-order valence-corrected chi connectivity index (χ1v) is 38.4. The van der Waals surface area contributed by atoms with Crippen LogP contribution in [0.15, 0.2) is 9.98 Å². The Kier molecular flexibility index (Phi) is 69.1. The number of amides is 6. The van der Waals surface area contributed by atoms with Gasteiger partial charge >= 0.3 is 163 Å². The second-order valence-electron chi connectivity index (χ2n) is 22.8. The van der Waals surface area contributed by atoms with Crippen LogP contribution in [0, 0.1) is 0 Å². The second-order valence-corrected chi connectivity index (χ2v) is 29.1. The van der Waals surface area contributed by atoms with Crippen LogP contribution in [0.25, 0.3) is 0 Å². The third-order valence-electron chi connectivity index (χ3n) is 12.2. The van der Waals surface area contributed by atoms with Crippen LogP contribution in [-0.2, 0) is 76.7 Å². The molecular weight excluding hydrogens is 1670 g/mol. The van der Waals surface area contributed by atoms with E-state index in [9.17, 15) is 76.7 Å².